The first-order valence-electron chi connectivity index (χ1n) is 6.49. The Morgan fingerprint density at radius 2 is 1.86 bits per heavy atom. The highest BCUT2D eigenvalue weighted by Crippen LogP contribution is 2.30. The van der Waals surface area contributed by atoms with Crippen molar-refractivity contribution in [2.24, 2.45) is 0 Å². The molecule has 0 spiro atoms. The van der Waals surface area contributed by atoms with Gasteiger partial charge < -0.3 is 5.73 Å². The summed E-state index contributed by atoms with van der Waals surface area (Å²) in [5, 5.41) is 12.7. The van der Waals surface area contributed by atoms with E-state index in [1.807, 2.05) is 50.2 Å². The lowest BCUT2D eigenvalue weighted by Gasteiger charge is -2.11. The van der Waals surface area contributed by atoms with E-state index in [9.17, 15) is 0 Å². The van der Waals surface area contributed by atoms with Gasteiger partial charge >= 0.3 is 0 Å². The number of aromatic nitrogens is 4. The van der Waals surface area contributed by atoms with Gasteiger partial charge in [0.1, 0.15) is 0 Å². The Hall–Kier alpha value is -2.40. The van der Waals surface area contributed by atoms with Crippen LogP contribution in [0.5, 0.6) is 0 Å². The number of halogens is 1. The van der Waals surface area contributed by atoms with Gasteiger partial charge in [-0.05, 0) is 53.6 Å². The van der Waals surface area contributed by atoms with E-state index in [1.54, 1.807) is 4.68 Å². The number of aryl methyl sites for hydroxylation is 1. The third-order valence-corrected chi connectivity index (χ3v) is 3.87. The molecule has 1 aromatic heterocycles. The zero-order valence-corrected chi connectivity index (χ0v) is 12.5. The average Bonchev–Trinajstić information content (AvgIpc) is 2.91. The molecule has 106 valence electrons. The predicted octanol–water partition coefficient (Wildman–Crippen LogP) is 3.18. The van der Waals surface area contributed by atoms with Gasteiger partial charge in [-0.1, -0.05) is 29.8 Å². The van der Waals surface area contributed by atoms with Crippen LogP contribution in [0, 0.1) is 13.8 Å². The van der Waals surface area contributed by atoms with Gasteiger partial charge in [-0.15, -0.1) is 5.10 Å². The van der Waals surface area contributed by atoms with E-state index in [-0.39, 0.29) is 0 Å². The summed E-state index contributed by atoms with van der Waals surface area (Å²) >= 11 is 6.19. The molecule has 0 aliphatic carbocycles. The Morgan fingerprint density at radius 1 is 1.10 bits per heavy atom. The van der Waals surface area contributed by atoms with Gasteiger partial charge in [0.2, 0.25) is 0 Å². The summed E-state index contributed by atoms with van der Waals surface area (Å²) in [7, 11) is 0. The molecule has 0 aliphatic heterocycles. The molecular weight excluding hydrogens is 286 g/mol. The van der Waals surface area contributed by atoms with E-state index in [4.69, 9.17) is 17.3 Å². The second kappa shape index (κ2) is 5.18. The summed E-state index contributed by atoms with van der Waals surface area (Å²) in [5.41, 5.74) is 10.3. The van der Waals surface area contributed by atoms with Crippen molar-refractivity contribution in [3.63, 3.8) is 0 Å². The monoisotopic (exact) mass is 299 g/mol. The number of anilines is 1. The Morgan fingerprint density at radius 3 is 2.62 bits per heavy atom. The van der Waals surface area contributed by atoms with E-state index in [0.29, 0.717) is 16.5 Å². The third-order valence-electron chi connectivity index (χ3n) is 3.47. The van der Waals surface area contributed by atoms with Crippen molar-refractivity contribution in [2.45, 2.75) is 13.8 Å². The zero-order valence-electron chi connectivity index (χ0n) is 11.7. The highest BCUT2D eigenvalue weighted by atomic mass is 35.5. The molecule has 0 aliphatic rings. The van der Waals surface area contributed by atoms with Crippen LogP contribution in [0.4, 0.5) is 5.69 Å². The first-order valence-corrected chi connectivity index (χ1v) is 6.86. The average molecular weight is 300 g/mol. The number of nitrogens with zero attached hydrogens (tertiary/aromatic N) is 4. The summed E-state index contributed by atoms with van der Waals surface area (Å²) < 4.78 is 1.67. The normalized spacial score (nSPS) is 10.8. The lowest BCUT2D eigenvalue weighted by atomic mass is 10.1. The summed E-state index contributed by atoms with van der Waals surface area (Å²) in [6.07, 6.45) is 0. The van der Waals surface area contributed by atoms with Gasteiger partial charge in [0.05, 0.1) is 5.69 Å². The topological polar surface area (TPSA) is 69.6 Å². The number of tetrazole rings is 1. The molecule has 6 heteroatoms. The van der Waals surface area contributed by atoms with Gasteiger partial charge in [-0.2, -0.15) is 4.68 Å². The molecule has 0 saturated heterocycles. The molecule has 2 aromatic carbocycles. The molecule has 0 unspecified atom stereocenters. The Balaban J connectivity index is 2.25. The molecule has 3 rings (SSSR count). The largest absolute Gasteiger partial charge is 0.398 e. The van der Waals surface area contributed by atoms with Gasteiger partial charge in [0.15, 0.2) is 5.82 Å². The standard InChI is InChI=1S/C15H14ClN5/c1-9-5-3-7-12(17)14(9)15-18-19-20-21(15)13-8-4-6-11(16)10(13)2/h3-8H,17H2,1-2H3. The Labute approximate surface area is 127 Å². The SMILES string of the molecule is Cc1cccc(N)c1-c1nnnn1-c1cccc(Cl)c1C. The highest BCUT2D eigenvalue weighted by Gasteiger charge is 2.17. The molecule has 0 fully saturated rings. The molecule has 1 heterocycles. The van der Waals surface area contributed by atoms with Crippen molar-refractivity contribution in [3.8, 4) is 17.1 Å². The molecule has 0 radical (unpaired) electrons. The van der Waals surface area contributed by atoms with Crippen molar-refractivity contribution in [2.75, 3.05) is 5.73 Å². The van der Waals surface area contributed by atoms with Crippen molar-refractivity contribution in [1.29, 1.82) is 0 Å². The fourth-order valence-electron chi connectivity index (χ4n) is 2.33. The van der Waals surface area contributed by atoms with Crippen molar-refractivity contribution in [3.05, 3.63) is 52.5 Å². The second-order valence-electron chi connectivity index (χ2n) is 4.84. The Bertz CT molecular complexity index is 789. The van der Waals surface area contributed by atoms with E-state index in [2.05, 4.69) is 15.5 Å². The van der Waals surface area contributed by atoms with Crippen LogP contribution < -0.4 is 5.73 Å². The molecule has 0 amide bonds. The number of hydrogen-bond acceptors (Lipinski definition) is 4. The highest BCUT2D eigenvalue weighted by molar-refractivity contribution is 6.31. The minimum absolute atomic E-state index is 0.607. The minimum Gasteiger partial charge on any atom is -0.398 e. The lowest BCUT2D eigenvalue weighted by molar-refractivity contribution is 0.787. The first-order chi connectivity index (χ1) is 10.1. The molecule has 21 heavy (non-hydrogen) atoms. The number of rotatable bonds is 2. The summed E-state index contributed by atoms with van der Waals surface area (Å²) in [5.74, 6) is 0.607. The first kappa shape index (κ1) is 13.6. The summed E-state index contributed by atoms with van der Waals surface area (Å²) in [6.45, 7) is 3.92. The van der Waals surface area contributed by atoms with E-state index < -0.39 is 0 Å². The van der Waals surface area contributed by atoms with Gasteiger partial charge in [-0.3, -0.25) is 0 Å². The van der Waals surface area contributed by atoms with Crippen LogP contribution in [-0.2, 0) is 0 Å². The maximum absolute atomic E-state index is 6.19. The van der Waals surface area contributed by atoms with E-state index in [0.717, 1.165) is 22.4 Å². The molecular formula is C15H14ClN5. The molecule has 3 aromatic rings. The number of nitrogens with two attached hydrogens (primary N) is 1. The van der Waals surface area contributed by atoms with Crippen molar-refractivity contribution < 1.29 is 0 Å². The molecule has 0 bridgehead atoms. The number of nitrogen functional groups attached to an aromatic ring is 1. The van der Waals surface area contributed by atoms with Crippen LogP contribution in [0.15, 0.2) is 36.4 Å². The van der Waals surface area contributed by atoms with Crippen LogP contribution in [0.2, 0.25) is 5.02 Å². The quantitative estimate of drug-likeness (QED) is 0.738. The van der Waals surface area contributed by atoms with Gasteiger partial charge in [0.25, 0.3) is 0 Å². The minimum atomic E-state index is 0.607. The third kappa shape index (κ3) is 2.25. The number of benzene rings is 2. The van der Waals surface area contributed by atoms with Crippen molar-refractivity contribution >= 4 is 17.3 Å². The lowest BCUT2D eigenvalue weighted by Crippen LogP contribution is -2.04. The predicted molar refractivity (Wildman–Crippen MR) is 83.5 cm³/mol. The molecule has 2 N–H and O–H groups in total. The molecule has 0 saturated carbocycles. The molecule has 5 nitrogen and oxygen atoms in total. The van der Waals surface area contributed by atoms with E-state index >= 15 is 0 Å². The molecule has 0 atom stereocenters. The van der Waals surface area contributed by atoms with Gasteiger partial charge in [-0.25, -0.2) is 0 Å². The second-order valence-corrected chi connectivity index (χ2v) is 5.24. The maximum Gasteiger partial charge on any atom is 0.189 e. The zero-order chi connectivity index (χ0) is 15.0. The van der Waals surface area contributed by atoms with E-state index in [1.165, 1.54) is 0 Å². The van der Waals surface area contributed by atoms with Crippen LogP contribution in [0.25, 0.3) is 17.1 Å². The summed E-state index contributed by atoms with van der Waals surface area (Å²) in [4.78, 5) is 0. The van der Waals surface area contributed by atoms with Gasteiger partial charge in [0, 0.05) is 16.3 Å². The van der Waals surface area contributed by atoms with Crippen LogP contribution in [0.3, 0.4) is 0 Å². The van der Waals surface area contributed by atoms with Crippen LogP contribution in [-0.4, -0.2) is 20.2 Å². The fourth-order valence-corrected chi connectivity index (χ4v) is 2.50. The fraction of sp³-hybridized carbons (Fsp3) is 0.133. The smallest absolute Gasteiger partial charge is 0.189 e. The van der Waals surface area contributed by atoms with Crippen LogP contribution >= 0.6 is 11.6 Å². The number of hydrogen-bond donors (Lipinski definition) is 1. The van der Waals surface area contributed by atoms with Crippen molar-refractivity contribution in [1.82, 2.24) is 20.2 Å². The van der Waals surface area contributed by atoms with Crippen LogP contribution in [0.1, 0.15) is 11.1 Å². The summed E-state index contributed by atoms with van der Waals surface area (Å²) in [6, 6.07) is 11.4. The Kier molecular flexibility index (Phi) is 3.35. The maximum atomic E-state index is 6.19.